The van der Waals surface area contributed by atoms with Gasteiger partial charge in [-0.1, -0.05) is 49.6 Å². The number of benzene rings is 3. The van der Waals surface area contributed by atoms with Crippen LogP contribution in [0.1, 0.15) is 72.3 Å². The first-order valence-corrected chi connectivity index (χ1v) is 15.2. The van der Waals surface area contributed by atoms with E-state index in [-0.39, 0.29) is 6.03 Å². The lowest BCUT2D eigenvalue weighted by Gasteiger charge is -2.26. The van der Waals surface area contributed by atoms with Gasteiger partial charge in [0.15, 0.2) is 0 Å². The highest BCUT2D eigenvalue weighted by atomic mass is 32.2. The maximum absolute atomic E-state index is 13.7. The molecule has 2 aliphatic rings. The van der Waals surface area contributed by atoms with Crippen LogP contribution in [0.15, 0.2) is 87.8 Å². The van der Waals surface area contributed by atoms with E-state index in [1.165, 1.54) is 50.5 Å². The maximum atomic E-state index is 13.7. The number of anilines is 2. The van der Waals surface area contributed by atoms with E-state index in [4.69, 9.17) is 11.3 Å². The van der Waals surface area contributed by atoms with Crippen LogP contribution in [0, 0.1) is 11.4 Å². The number of carbonyl (C=O) groups is 2. The molecule has 0 aliphatic heterocycles. The zero-order chi connectivity index (χ0) is 28.6. The summed E-state index contributed by atoms with van der Waals surface area (Å²) in [6.45, 7) is 0.312. The Hall–Kier alpha value is -3.98. The Morgan fingerprint density at radius 1 is 0.951 bits per heavy atom. The molecule has 0 spiro atoms. The first-order chi connectivity index (χ1) is 20.0. The van der Waals surface area contributed by atoms with Crippen molar-refractivity contribution >= 4 is 41.0 Å². The van der Waals surface area contributed by atoms with Gasteiger partial charge in [0.1, 0.15) is 0 Å². The van der Waals surface area contributed by atoms with Gasteiger partial charge in [0, 0.05) is 27.6 Å². The SMILES string of the molecule is N=NC(N)=NC(=O)c1ccc(CN(C(=O)Nc2cccc(SCC3CC3)c2)c2ccc(C3CCCCC3)cc2)cc1. The van der Waals surface area contributed by atoms with Gasteiger partial charge >= 0.3 is 6.03 Å². The molecule has 0 saturated heterocycles. The zero-order valence-corrected chi connectivity index (χ0v) is 23.9. The van der Waals surface area contributed by atoms with Gasteiger partial charge in [0.2, 0.25) is 5.96 Å². The highest BCUT2D eigenvalue weighted by molar-refractivity contribution is 7.99. The Labute approximate surface area is 245 Å². The van der Waals surface area contributed by atoms with Crippen molar-refractivity contribution < 1.29 is 9.59 Å². The molecule has 212 valence electrons. The Bertz CT molecular complexity index is 1400. The molecule has 0 heterocycles. The van der Waals surface area contributed by atoms with Crippen LogP contribution in [0.4, 0.5) is 16.2 Å². The van der Waals surface area contributed by atoms with E-state index in [1.807, 2.05) is 42.1 Å². The number of urea groups is 1. The van der Waals surface area contributed by atoms with Gasteiger partial charge in [-0.25, -0.2) is 10.3 Å². The highest BCUT2D eigenvalue weighted by Gasteiger charge is 2.22. The normalized spacial score (nSPS) is 15.8. The predicted molar refractivity (Wildman–Crippen MR) is 165 cm³/mol. The second-order valence-electron chi connectivity index (χ2n) is 10.8. The van der Waals surface area contributed by atoms with Gasteiger partial charge in [-0.3, -0.25) is 9.69 Å². The van der Waals surface area contributed by atoms with Crippen molar-refractivity contribution in [1.82, 2.24) is 0 Å². The number of thioether (sulfide) groups is 1. The van der Waals surface area contributed by atoms with Crippen molar-refractivity contribution in [2.45, 2.75) is 62.3 Å². The fraction of sp³-hybridized carbons (Fsp3) is 0.344. The molecule has 2 fully saturated rings. The van der Waals surface area contributed by atoms with Crippen LogP contribution in [0.25, 0.3) is 0 Å². The molecule has 4 N–H and O–H groups in total. The summed E-state index contributed by atoms with van der Waals surface area (Å²) < 4.78 is 0. The van der Waals surface area contributed by atoms with Crippen LogP contribution in [-0.2, 0) is 6.54 Å². The molecule has 0 atom stereocenters. The van der Waals surface area contributed by atoms with Crippen molar-refractivity contribution in [3.8, 4) is 0 Å². The Morgan fingerprint density at radius 3 is 2.37 bits per heavy atom. The van der Waals surface area contributed by atoms with Gasteiger partial charge in [0.05, 0.1) is 6.54 Å². The molecule has 3 aromatic carbocycles. The number of amides is 3. The summed E-state index contributed by atoms with van der Waals surface area (Å²) in [6.07, 6.45) is 8.92. The van der Waals surface area contributed by atoms with Gasteiger partial charge in [-0.15, -0.1) is 16.9 Å². The fourth-order valence-corrected chi connectivity index (χ4v) is 6.27. The molecule has 0 unspecified atom stereocenters. The minimum Gasteiger partial charge on any atom is -0.366 e. The lowest BCUT2D eigenvalue weighted by molar-refractivity contribution is 0.100. The third kappa shape index (κ3) is 8.04. The molecule has 0 radical (unpaired) electrons. The Kier molecular flexibility index (Phi) is 9.46. The molecule has 0 aromatic heterocycles. The van der Waals surface area contributed by atoms with Crippen molar-refractivity contribution in [3.05, 3.63) is 89.5 Å². The number of carbonyl (C=O) groups excluding carboxylic acids is 2. The molecule has 2 saturated carbocycles. The number of nitrogens with two attached hydrogens (primary N) is 1. The standard InChI is InChI=1S/C32H36N6O2S/c33-31(37-34)36-30(39)26-13-11-22(12-14-26)20-38(28-17-15-25(16-18-28)24-5-2-1-3-6-24)32(40)35-27-7-4-8-29(19-27)41-21-23-9-10-23/h4,7-8,11-19,23-24,34H,1-3,5-6,9-10,20-21H2,(H,35,40)(H2,33,36,39). The van der Waals surface area contributed by atoms with Crippen LogP contribution in [-0.4, -0.2) is 23.7 Å². The summed E-state index contributed by atoms with van der Waals surface area (Å²) in [5.41, 5.74) is 16.3. The van der Waals surface area contributed by atoms with E-state index in [9.17, 15) is 9.59 Å². The number of nitrogens with one attached hydrogen (secondary N) is 2. The molecule has 41 heavy (non-hydrogen) atoms. The fourth-order valence-electron chi connectivity index (χ4n) is 5.12. The molecule has 2 aliphatic carbocycles. The minimum atomic E-state index is -0.572. The summed E-state index contributed by atoms with van der Waals surface area (Å²) in [4.78, 5) is 32.4. The number of hydrogen-bond donors (Lipinski definition) is 3. The van der Waals surface area contributed by atoms with Crippen LogP contribution in [0.2, 0.25) is 0 Å². The second kappa shape index (κ2) is 13.6. The lowest BCUT2D eigenvalue weighted by atomic mass is 9.84. The van der Waals surface area contributed by atoms with E-state index in [2.05, 4.69) is 33.6 Å². The molecule has 3 aromatic rings. The van der Waals surface area contributed by atoms with E-state index in [0.717, 1.165) is 33.5 Å². The number of hydrogen-bond acceptors (Lipinski definition) is 4. The molecule has 9 heteroatoms. The summed E-state index contributed by atoms with van der Waals surface area (Å²) in [5.74, 6) is 1.56. The van der Waals surface area contributed by atoms with Crippen molar-refractivity contribution in [2.24, 2.45) is 21.8 Å². The van der Waals surface area contributed by atoms with Crippen LogP contribution >= 0.6 is 11.8 Å². The van der Waals surface area contributed by atoms with E-state index >= 15 is 0 Å². The van der Waals surface area contributed by atoms with Crippen molar-refractivity contribution in [1.29, 1.82) is 5.53 Å². The van der Waals surface area contributed by atoms with Gasteiger partial charge < -0.3 is 11.1 Å². The third-order valence-corrected chi connectivity index (χ3v) is 8.89. The van der Waals surface area contributed by atoms with E-state index in [1.54, 1.807) is 29.2 Å². The first-order valence-electron chi connectivity index (χ1n) is 14.2. The molecule has 8 nitrogen and oxygen atoms in total. The summed E-state index contributed by atoms with van der Waals surface area (Å²) in [5, 5.41) is 6.06. The molecule has 0 bridgehead atoms. The predicted octanol–water partition coefficient (Wildman–Crippen LogP) is 7.96. The quantitative estimate of drug-likeness (QED) is 0.105. The number of rotatable bonds is 9. The van der Waals surface area contributed by atoms with Crippen LogP contribution in [0.3, 0.4) is 0 Å². The Balaban J connectivity index is 1.34. The highest BCUT2D eigenvalue weighted by Crippen LogP contribution is 2.36. The Morgan fingerprint density at radius 2 is 1.68 bits per heavy atom. The summed E-state index contributed by atoms with van der Waals surface area (Å²) in [7, 11) is 0. The first kappa shape index (κ1) is 28.5. The van der Waals surface area contributed by atoms with Crippen LogP contribution in [0.5, 0.6) is 0 Å². The monoisotopic (exact) mass is 568 g/mol. The molecular weight excluding hydrogens is 532 g/mol. The smallest absolute Gasteiger partial charge is 0.326 e. The number of nitrogens with zero attached hydrogens (tertiary/aromatic N) is 3. The third-order valence-electron chi connectivity index (χ3n) is 7.67. The van der Waals surface area contributed by atoms with Crippen molar-refractivity contribution in [3.63, 3.8) is 0 Å². The topological polar surface area (TPSA) is 124 Å². The van der Waals surface area contributed by atoms with Gasteiger partial charge in [-0.05, 0) is 91.1 Å². The maximum Gasteiger partial charge on any atom is 0.326 e. The summed E-state index contributed by atoms with van der Waals surface area (Å²) in [6, 6.07) is 23.0. The molecular formula is C32H36N6O2S. The minimum absolute atomic E-state index is 0.227. The average molecular weight is 569 g/mol. The van der Waals surface area contributed by atoms with E-state index in [0.29, 0.717) is 18.0 Å². The van der Waals surface area contributed by atoms with E-state index < -0.39 is 11.9 Å². The number of guanidine groups is 1. The van der Waals surface area contributed by atoms with Crippen LogP contribution < -0.4 is 16.0 Å². The van der Waals surface area contributed by atoms with Gasteiger partial charge in [0.25, 0.3) is 5.91 Å². The molecule has 3 amide bonds. The summed E-state index contributed by atoms with van der Waals surface area (Å²) >= 11 is 1.84. The number of aliphatic imine (C=N–C) groups is 1. The largest absolute Gasteiger partial charge is 0.366 e. The average Bonchev–Trinajstić information content (AvgIpc) is 3.84. The second-order valence-corrected chi connectivity index (χ2v) is 11.9. The zero-order valence-electron chi connectivity index (χ0n) is 23.1. The van der Waals surface area contributed by atoms with Gasteiger partial charge in [-0.2, -0.15) is 4.99 Å². The lowest BCUT2D eigenvalue weighted by Crippen LogP contribution is -2.34. The molecule has 5 rings (SSSR count). The van der Waals surface area contributed by atoms with Crippen molar-refractivity contribution in [2.75, 3.05) is 16.0 Å².